The van der Waals surface area contributed by atoms with Crippen LogP contribution in [0.1, 0.15) is 23.6 Å². The maximum absolute atomic E-state index is 12.1. The third-order valence-corrected chi connectivity index (χ3v) is 4.24. The van der Waals surface area contributed by atoms with Crippen LogP contribution in [0, 0.1) is 20.8 Å². The van der Waals surface area contributed by atoms with E-state index in [1.165, 1.54) is 0 Å². The summed E-state index contributed by atoms with van der Waals surface area (Å²) < 4.78 is 17.3. The van der Waals surface area contributed by atoms with Gasteiger partial charge >= 0.3 is 0 Å². The van der Waals surface area contributed by atoms with Gasteiger partial charge in [0.05, 0.1) is 11.9 Å². The molecule has 0 aliphatic heterocycles. The van der Waals surface area contributed by atoms with Crippen molar-refractivity contribution in [3.8, 4) is 0 Å². The summed E-state index contributed by atoms with van der Waals surface area (Å²) in [5.74, 6) is 0. The Morgan fingerprint density at radius 2 is 1.73 bits per heavy atom. The molecule has 1 atom stereocenters. The summed E-state index contributed by atoms with van der Waals surface area (Å²) >= 11 is 0. The Balaban J connectivity index is 3.31. The van der Waals surface area contributed by atoms with E-state index in [4.69, 9.17) is 10.0 Å². The first-order valence-electron chi connectivity index (χ1n) is 5.00. The minimum atomic E-state index is -3.14. The zero-order chi connectivity index (χ0) is 11.6. The zero-order valence-corrected chi connectivity index (χ0v) is 10.6. The van der Waals surface area contributed by atoms with Gasteiger partial charge in [-0.2, -0.15) is 0 Å². The summed E-state index contributed by atoms with van der Waals surface area (Å²) in [4.78, 5) is 0. The Bertz CT molecular complexity index is 392. The van der Waals surface area contributed by atoms with Crippen LogP contribution in [0.3, 0.4) is 0 Å². The molecular weight excluding hydrogens is 209 g/mol. The fourth-order valence-electron chi connectivity index (χ4n) is 1.92. The molecule has 1 aromatic rings. The van der Waals surface area contributed by atoms with Gasteiger partial charge in [-0.15, -0.1) is 0 Å². The molecule has 0 saturated carbocycles. The molecule has 0 heterocycles. The van der Waals surface area contributed by atoms with Crippen molar-refractivity contribution >= 4 is 12.8 Å². The molecule has 0 saturated heterocycles. The quantitative estimate of drug-likeness (QED) is 0.807. The monoisotopic (exact) mass is 227 g/mol. The van der Waals surface area contributed by atoms with Crippen molar-refractivity contribution in [1.82, 2.24) is 0 Å². The van der Waals surface area contributed by atoms with Gasteiger partial charge in [0.2, 0.25) is 0 Å². The summed E-state index contributed by atoms with van der Waals surface area (Å²) in [6.45, 7) is 7.98. The van der Waals surface area contributed by atoms with Crippen molar-refractivity contribution in [3.63, 3.8) is 0 Å². The van der Waals surface area contributed by atoms with Crippen LogP contribution < -0.4 is 10.8 Å². The topological polar surface area (TPSA) is 52.3 Å². The highest BCUT2D eigenvalue weighted by Crippen LogP contribution is 2.38. The molecule has 0 aliphatic rings. The normalized spacial score (nSPS) is 15.0. The van der Waals surface area contributed by atoms with Gasteiger partial charge in [-0.05, 0) is 38.8 Å². The summed E-state index contributed by atoms with van der Waals surface area (Å²) in [6.07, 6.45) is 0. The Morgan fingerprint density at radius 1 is 1.27 bits per heavy atom. The SMILES string of the molecule is CCO[P@@](N)(=O)c1c(C)cc(C)cc1C. The number of benzene rings is 1. The molecule has 0 bridgehead atoms. The minimum Gasteiger partial charge on any atom is -0.315 e. The lowest BCUT2D eigenvalue weighted by atomic mass is 10.1. The highest BCUT2D eigenvalue weighted by Gasteiger charge is 2.24. The molecule has 0 aromatic heterocycles. The van der Waals surface area contributed by atoms with E-state index < -0.39 is 7.52 Å². The van der Waals surface area contributed by atoms with E-state index in [-0.39, 0.29) is 0 Å². The van der Waals surface area contributed by atoms with Crippen LogP contribution in [0.4, 0.5) is 0 Å². The predicted octanol–water partition coefficient (Wildman–Crippen LogP) is 2.43. The molecule has 0 unspecified atom stereocenters. The van der Waals surface area contributed by atoms with Gasteiger partial charge in [-0.1, -0.05) is 17.7 Å². The average molecular weight is 227 g/mol. The maximum atomic E-state index is 12.1. The van der Waals surface area contributed by atoms with Crippen molar-refractivity contribution in [2.24, 2.45) is 5.50 Å². The molecule has 0 spiro atoms. The van der Waals surface area contributed by atoms with Crippen molar-refractivity contribution < 1.29 is 9.09 Å². The lowest BCUT2D eigenvalue weighted by Gasteiger charge is -2.17. The van der Waals surface area contributed by atoms with Gasteiger partial charge in [0.25, 0.3) is 7.52 Å². The minimum absolute atomic E-state index is 0.362. The van der Waals surface area contributed by atoms with E-state index >= 15 is 0 Å². The first-order valence-corrected chi connectivity index (χ1v) is 6.69. The highest BCUT2D eigenvalue weighted by atomic mass is 31.2. The number of aryl methyl sites for hydroxylation is 3. The second-order valence-corrected chi connectivity index (χ2v) is 5.66. The van der Waals surface area contributed by atoms with Gasteiger partial charge < -0.3 is 4.52 Å². The molecule has 2 N–H and O–H groups in total. The zero-order valence-electron chi connectivity index (χ0n) is 9.70. The molecule has 1 rings (SSSR count). The Morgan fingerprint density at radius 3 is 2.13 bits per heavy atom. The van der Waals surface area contributed by atoms with Crippen LogP contribution in [0.5, 0.6) is 0 Å². The summed E-state index contributed by atoms with van der Waals surface area (Å²) in [5.41, 5.74) is 8.75. The van der Waals surface area contributed by atoms with Crippen LogP contribution in [0.2, 0.25) is 0 Å². The van der Waals surface area contributed by atoms with Crippen LogP contribution in [-0.2, 0) is 9.09 Å². The first kappa shape index (κ1) is 12.4. The standard InChI is InChI=1S/C11H18NO2P/c1-5-14-15(12,13)11-9(3)6-8(2)7-10(11)4/h6-7H,5H2,1-4H3,(H2,12,13)/t15-/m0/s1. The summed E-state index contributed by atoms with van der Waals surface area (Å²) in [7, 11) is -3.14. The van der Waals surface area contributed by atoms with Gasteiger partial charge in [0, 0.05) is 0 Å². The molecular formula is C11H18NO2P. The second-order valence-electron chi connectivity index (χ2n) is 3.76. The van der Waals surface area contributed by atoms with E-state index in [1.54, 1.807) is 6.92 Å². The summed E-state index contributed by atoms with van der Waals surface area (Å²) in [5, 5.41) is 0.662. The van der Waals surface area contributed by atoms with Gasteiger partial charge in [-0.25, -0.2) is 0 Å². The molecule has 0 fully saturated rings. The first-order chi connectivity index (χ1) is 6.88. The maximum Gasteiger partial charge on any atom is 0.297 e. The molecule has 15 heavy (non-hydrogen) atoms. The van der Waals surface area contributed by atoms with E-state index in [2.05, 4.69) is 0 Å². The van der Waals surface area contributed by atoms with Crippen molar-refractivity contribution in [1.29, 1.82) is 0 Å². The average Bonchev–Trinajstić information content (AvgIpc) is 1.99. The molecule has 0 aliphatic carbocycles. The van der Waals surface area contributed by atoms with E-state index in [0.29, 0.717) is 11.9 Å². The Kier molecular flexibility index (Phi) is 3.72. The fourth-order valence-corrected chi connectivity index (χ4v) is 3.55. The number of nitrogens with two attached hydrogens (primary N) is 1. The Hall–Kier alpha value is -0.630. The largest absolute Gasteiger partial charge is 0.315 e. The highest BCUT2D eigenvalue weighted by molar-refractivity contribution is 7.64. The van der Waals surface area contributed by atoms with Gasteiger partial charge in [-0.3, -0.25) is 10.1 Å². The fraction of sp³-hybridized carbons (Fsp3) is 0.455. The van der Waals surface area contributed by atoms with Crippen molar-refractivity contribution in [2.45, 2.75) is 27.7 Å². The van der Waals surface area contributed by atoms with Crippen molar-refractivity contribution in [3.05, 3.63) is 28.8 Å². The predicted molar refractivity (Wildman–Crippen MR) is 63.7 cm³/mol. The van der Waals surface area contributed by atoms with Crippen LogP contribution in [0.25, 0.3) is 0 Å². The number of hydrogen-bond donors (Lipinski definition) is 1. The molecule has 0 amide bonds. The smallest absolute Gasteiger partial charge is 0.297 e. The lowest BCUT2D eigenvalue weighted by Crippen LogP contribution is -2.20. The van der Waals surface area contributed by atoms with Crippen LogP contribution in [0.15, 0.2) is 12.1 Å². The summed E-state index contributed by atoms with van der Waals surface area (Å²) in [6, 6.07) is 3.95. The van der Waals surface area contributed by atoms with Crippen LogP contribution in [-0.4, -0.2) is 6.61 Å². The molecule has 84 valence electrons. The van der Waals surface area contributed by atoms with Gasteiger partial charge in [0.15, 0.2) is 0 Å². The molecule has 0 radical (unpaired) electrons. The van der Waals surface area contributed by atoms with E-state index in [9.17, 15) is 4.57 Å². The van der Waals surface area contributed by atoms with Crippen LogP contribution >= 0.6 is 7.52 Å². The Labute approximate surface area is 91.1 Å². The van der Waals surface area contributed by atoms with Crippen molar-refractivity contribution in [2.75, 3.05) is 6.61 Å². The van der Waals surface area contributed by atoms with E-state index in [1.807, 2.05) is 32.9 Å². The number of rotatable bonds is 3. The third-order valence-electron chi connectivity index (χ3n) is 2.27. The molecule has 3 nitrogen and oxygen atoms in total. The second kappa shape index (κ2) is 4.48. The number of hydrogen-bond acceptors (Lipinski definition) is 2. The molecule has 4 heteroatoms. The lowest BCUT2D eigenvalue weighted by molar-refractivity contribution is 0.341. The van der Waals surface area contributed by atoms with Gasteiger partial charge in [0.1, 0.15) is 0 Å². The third kappa shape index (κ3) is 2.69. The molecule has 1 aromatic carbocycles. The van der Waals surface area contributed by atoms with E-state index in [0.717, 1.165) is 16.7 Å².